The highest BCUT2D eigenvalue weighted by molar-refractivity contribution is 6.42. The summed E-state index contributed by atoms with van der Waals surface area (Å²) in [5.41, 5.74) is 1.26. The number of aromatic nitrogens is 1. The smallest absolute Gasteiger partial charge is 0.305 e. The first-order valence-corrected chi connectivity index (χ1v) is 10.1. The molecule has 0 aliphatic heterocycles. The number of oxazole rings is 1. The minimum atomic E-state index is -1.09. The standard InChI is InChI=1S/C22H20Cl2N2O4/c1-12(2)20-19(26-22(30-20)13-7-4-3-5-8-13)21(29)25-16(11-17(27)28)14-9-6-10-15(23)18(14)24/h3-10,12,16H,11H2,1-2H3,(H,25,29)(H,27,28). The predicted molar refractivity (Wildman–Crippen MR) is 115 cm³/mol. The number of carbonyl (C=O) groups excluding carboxylic acids is 1. The van der Waals surface area contributed by atoms with Crippen molar-refractivity contribution in [1.82, 2.24) is 10.3 Å². The number of carboxylic acid groups (broad SMARTS) is 1. The molecule has 0 spiro atoms. The van der Waals surface area contributed by atoms with Crippen molar-refractivity contribution in [3.63, 3.8) is 0 Å². The third-order valence-corrected chi connectivity index (χ3v) is 5.29. The van der Waals surface area contributed by atoms with Gasteiger partial charge in [-0.25, -0.2) is 4.98 Å². The van der Waals surface area contributed by atoms with Crippen LogP contribution in [0.1, 0.15) is 54.0 Å². The van der Waals surface area contributed by atoms with Crippen LogP contribution in [0.25, 0.3) is 11.5 Å². The lowest BCUT2D eigenvalue weighted by Crippen LogP contribution is -2.31. The number of hydrogen-bond acceptors (Lipinski definition) is 4. The highest BCUT2D eigenvalue weighted by atomic mass is 35.5. The fraction of sp³-hybridized carbons (Fsp3) is 0.227. The van der Waals surface area contributed by atoms with Crippen LogP contribution < -0.4 is 5.32 Å². The molecule has 30 heavy (non-hydrogen) atoms. The van der Waals surface area contributed by atoms with Crippen molar-refractivity contribution in [1.29, 1.82) is 0 Å². The lowest BCUT2D eigenvalue weighted by atomic mass is 10.0. The number of halogens is 2. The topological polar surface area (TPSA) is 92.4 Å². The number of aliphatic carboxylic acids is 1. The largest absolute Gasteiger partial charge is 0.481 e. The van der Waals surface area contributed by atoms with Crippen LogP contribution in [0, 0.1) is 0 Å². The zero-order chi connectivity index (χ0) is 21.8. The molecule has 6 nitrogen and oxygen atoms in total. The third-order valence-electron chi connectivity index (χ3n) is 4.45. The van der Waals surface area contributed by atoms with Crippen LogP contribution in [-0.4, -0.2) is 22.0 Å². The van der Waals surface area contributed by atoms with Crippen LogP contribution in [0.3, 0.4) is 0 Å². The van der Waals surface area contributed by atoms with E-state index in [9.17, 15) is 14.7 Å². The van der Waals surface area contributed by atoms with E-state index >= 15 is 0 Å². The molecule has 0 radical (unpaired) electrons. The molecular weight excluding hydrogens is 427 g/mol. The first-order valence-electron chi connectivity index (χ1n) is 9.30. The van der Waals surface area contributed by atoms with Gasteiger partial charge in [0.2, 0.25) is 5.89 Å². The maximum Gasteiger partial charge on any atom is 0.305 e. The SMILES string of the molecule is CC(C)c1oc(-c2ccccc2)nc1C(=O)NC(CC(=O)O)c1cccc(Cl)c1Cl. The van der Waals surface area contributed by atoms with E-state index in [0.29, 0.717) is 17.2 Å². The quantitative estimate of drug-likeness (QED) is 0.484. The van der Waals surface area contributed by atoms with Gasteiger partial charge in [0.25, 0.3) is 5.91 Å². The zero-order valence-corrected chi connectivity index (χ0v) is 17.9. The molecule has 156 valence electrons. The minimum absolute atomic E-state index is 0.108. The Morgan fingerprint density at radius 1 is 1.10 bits per heavy atom. The normalized spacial score (nSPS) is 12.0. The van der Waals surface area contributed by atoms with Crippen LogP contribution in [0.5, 0.6) is 0 Å². The van der Waals surface area contributed by atoms with Gasteiger partial charge in [-0.15, -0.1) is 0 Å². The van der Waals surface area contributed by atoms with Gasteiger partial charge in [-0.05, 0) is 23.8 Å². The summed E-state index contributed by atoms with van der Waals surface area (Å²) in [5.74, 6) is -1.02. The first-order chi connectivity index (χ1) is 14.3. The fourth-order valence-corrected chi connectivity index (χ4v) is 3.46. The van der Waals surface area contributed by atoms with Crippen LogP contribution in [0.4, 0.5) is 0 Å². The number of nitrogens with zero attached hydrogens (tertiary/aromatic N) is 1. The van der Waals surface area contributed by atoms with Crippen LogP contribution >= 0.6 is 23.2 Å². The summed E-state index contributed by atoms with van der Waals surface area (Å²) in [6.45, 7) is 3.77. The Morgan fingerprint density at radius 3 is 2.43 bits per heavy atom. The van der Waals surface area contributed by atoms with Crippen molar-refractivity contribution < 1.29 is 19.1 Å². The summed E-state index contributed by atoms with van der Waals surface area (Å²) in [5, 5.41) is 12.5. The third kappa shape index (κ3) is 4.83. The molecule has 8 heteroatoms. The maximum absolute atomic E-state index is 13.1. The van der Waals surface area contributed by atoms with Crippen molar-refractivity contribution in [3.05, 3.63) is 75.6 Å². The second-order valence-electron chi connectivity index (χ2n) is 7.02. The summed E-state index contributed by atoms with van der Waals surface area (Å²) in [7, 11) is 0. The van der Waals surface area contributed by atoms with Crippen molar-refractivity contribution in [2.45, 2.75) is 32.2 Å². The number of nitrogens with one attached hydrogen (secondary N) is 1. The van der Waals surface area contributed by atoms with E-state index in [2.05, 4.69) is 10.3 Å². The number of benzene rings is 2. The van der Waals surface area contributed by atoms with Crippen molar-refractivity contribution in [3.8, 4) is 11.5 Å². The van der Waals surface area contributed by atoms with E-state index < -0.39 is 17.9 Å². The van der Waals surface area contributed by atoms with Crippen molar-refractivity contribution >= 4 is 35.1 Å². The first kappa shape index (κ1) is 21.9. The maximum atomic E-state index is 13.1. The van der Waals surface area contributed by atoms with Crippen molar-refractivity contribution in [2.75, 3.05) is 0 Å². The van der Waals surface area contributed by atoms with Gasteiger partial charge in [0.1, 0.15) is 5.76 Å². The van der Waals surface area contributed by atoms with E-state index in [4.69, 9.17) is 27.6 Å². The molecule has 2 aromatic carbocycles. The Kier molecular flexibility index (Phi) is 6.80. The summed E-state index contributed by atoms with van der Waals surface area (Å²) < 4.78 is 5.86. The lowest BCUT2D eigenvalue weighted by molar-refractivity contribution is -0.137. The highest BCUT2D eigenvalue weighted by Gasteiger charge is 2.27. The Labute approximate surface area is 183 Å². The van der Waals surface area contributed by atoms with Gasteiger partial charge >= 0.3 is 5.97 Å². The van der Waals surface area contributed by atoms with Crippen LogP contribution in [-0.2, 0) is 4.79 Å². The van der Waals surface area contributed by atoms with Gasteiger partial charge in [-0.2, -0.15) is 0 Å². The van der Waals surface area contributed by atoms with Gasteiger partial charge in [0.05, 0.1) is 22.5 Å². The molecular formula is C22H20Cl2N2O4. The fourth-order valence-electron chi connectivity index (χ4n) is 3.02. The Balaban J connectivity index is 1.97. The Morgan fingerprint density at radius 2 is 1.80 bits per heavy atom. The molecule has 1 amide bonds. The molecule has 3 aromatic rings. The molecule has 1 aromatic heterocycles. The van der Waals surface area contributed by atoms with Gasteiger partial charge in [-0.1, -0.05) is 67.4 Å². The van der Waals surface area contributed by atoms with Gasteiger partial charge in [-0.3, -0.25) is 9.59 Å². The predicted octanol–water partition coefficient (Wildman–Crippen LogP) is 5.72. The van der Waals surface area contributed by atoms with E-state index in [1.807, 2.05) is 44.2 Å². The average Bonchev–Trinajstić information content (AvgIpc) is 3.16. The second kappa shape index (κ2) is 9.32. The molecule has 1 unspecified atom stereocenters. The average molecular weight is 447 g/mol. The number of carboxylic acids is 1. The van der Waals surface area contributed by atoms with Gasteiger partial charge < -0.3 is 14.8 Å². The number of amides is 1. The molecule has 0 aliphatic rings. The van der Waals surface area contributed by atoms with E-state index in [1.165, 1.54) is 0 Å². The minimum Gasteiger partial charge on any atom is -0.481 e. The number of hydrogen-bond donors (Lipinski definition) is 2. The van der Waals surface area contributed by atoms with Gasteiger partial charge in [0.15, 0.2) is 5.69 Å². The monoisotopic (exact) mass is 446 g/mol. The summed E-state index contributed by atoms with van der Waals surface area (Å²) in [4.78, 5) is 28.9. The molecule has 1 atom stereocenters. The highest BCUT2D eigenvalue weighted by Crippen LogP contribution is 2.32. The van der Waals surface area contributed by atoms with Crippen molar-refractivity contribution in [2.24, 2.45) is 0 Å². The van der Waals surface area contributed by atoms with Crippen LogP contribution in [0.15, 0.2) is 52.9 Å². The molecule has 0 saturated carbocycles. The molecule has 0 fully saturated rings. The Bertz CT molecular complexity index is 1060. The Hall–Kier alpha value is -2.83. The number of rotatable bonds is 7. The number of carbonyl (C=O) groups is 2. The summed E-state index contributed by atoms with van der Waals surface area (Å²) in [6.07, 6.45) is -0.369. The molecule has 3 rings (SSSR count). The van der Waals surface area contributed by atoms with Gasteiger partial charge in [0, 0.05) is 11.5 Å². The zero-order valence-electron chi connectivity index (χ0n) is 16.4. The molecule has 0 aliphatic carbocycles. The molecule has 1 heterocycles. The molecule has 0 saturated heterocycles. The van der Waals surface area contributed by atoms with Crippen LogP contribution in [0.2, 0.25) is 10.0 Å². The van der Waals surface area contributed by atoms with E-state index in [-0.39, 0.29) is 28.1 Å². The second-order valence-corrected chi connectivity index (χ2v) is 7.80. The summed E-state index contributed by atoms with van der Waals surface area (Å²) >= 11 is 12.3. The molecule has 2 N–H and O–H groups in total. The lowest BCUT2D eigenvalue weighted by Gasteiger charge is -2.19. The molecule has 0 bridgehead atoms. The van der Waals surface area contributed by atoms with E-state index in [0.717, 1.165) is 5.56 Å². The van der Waals surface area contributed by atoms with E-state index in [1.54, 1.807) is 18.2 Å². The summed E-state index contributed by atoms with van der Waals surface area (Å²) in [6, 6.07) is 13.2.